The molecule has 2 heterocycles. The summed E-state index contributed by atoms with van der Waals surface area (Å²) in [6.45, 7) is 5.43. The van der Waals surface area contributed by atoms with Gasteiger partial charge in [0.15, 0.2) is 0 Å². The zero-order valence-corrected chi connectivity index (χ0v) is 9.64. The Hall–Kier alpha value is -1.29. The molecule has 1 aliphatic rings. The molecular weight excluding hydrogens is 206 g/mol. The van der Waals surface area contributed by atoms with Crippen LogP contribution in [-0.2, 0) is 11.3 Å². The molecule has 0 saturated carbocycles. The van der Waals surface area contributed by atoms with Gasteiger partial charge < -0.3 is 9.52 Å². The predicted octanol–water partition coefficient (Wildman–Crippen LogP) is 1.88. The summed E-state index contributed by atoms with van der Waals surface area (Å²) in [4.78, 5) is 13.1. The average molecular weight is 223 g/mol. The maximum Gasteiger partial charge on any atom is 0.308 e. The molecule has 4 nitrogen and oxygen atoms in total. The van der Waals surface area contributed by atoms with Crippen molar-refractivity contribution in [3.63, 3.8) is 0 Å². The molecule has 0 spiro atoms. The highest BCUT2D eigenvalue weighted by molar-refractivity contribution is 5.71. The molecule has 1 saturated heterocycles. The van der Waals surface area contributed by atoms with E-state index in [0.29, 0.717) is 6.54 Å². The van der Waals surface area contributed by atoms with Crippen molar-refractivity contribution >= 4 is 5.97 Å². The minimum atomic E-state index is -0.689. The van der Waals surface area contributed by atoms with Crippen LogP contribution in [0.2, 0.25) is 0 Å². The number of hydrogen-bond acceptors (Lipinski definition) is 3. The lowest BCUT2D eigenvalue weighted by atomic mass is 10.0. The van der Waals surface area contributed by atoms with E-state index in [2.05, 4.69) is 4.90 Å². The number of hydrogen-bond donors (Lipinski definition) is 1. The van der Waals surface area contributed by atoms with Crippen molar-refractivity contribution in [2.45, 2.75) is 32.9 Å². The van der Waals surface area contributed by atoms with Gasteiger partial charge in [-0.05, 0) is 38.9 Å². The Kier molecular flexibility index (Phi) is 3.01. The largest absolute Gasteiger partial charge is 0.481 e. The second-order valence-corrected chi connectivity index (χ2v) is 4.46. The van der Waals surface area contributed by atoms with Crippen LogP contribution in [0, 0.1) is 12.8 Å². The lowest BCUT2D eigenvalue weighted by molar-refractivity contribution is -0.142. The van der Waals surface area contributed by atoms with Gasteiger partial charge in [0, 0.05) is 6.04 Å². The van der Waals surface area contributed by atoms with Gasteiger partial charge in [-0.1, -0.05) is 0 Å². The summed E-state index contributed by atoms with van der Waals surface area (Å²) in [7, 11) is 0. The van der Waals surface area contributed by atoms with Gasteiger partial charge in [-0.15, -0.1) is 0 Å². The molecule has 1 N–H and O–H groups in total. The van der Waals surface area contributed by atoms with Crippen molar-refractivity contribution in [2.75, 3.05) is 6.54 Å². The molecule has 0 bridgehead atoms. The molecule has 1 aromatic heterocycles. The first-order chi connectivity index (χ1) is 7.58. The Morgan fingerprint density at radius 3 is 2.88 bits per heavy atom. The van der Waals surface area contributed by atoms with Gasteiger partial charge in [0.2, 0.25) is 0 Å². The Morgan fingerprint density at radius 1 is 1.62 bits per heavy atom. The summed E-state index contributed by atoms with van der Waals surface area (Å²) < 4.78 is 5.50. The zero-order chi connectivity index (χ0) is 11.7. The fraction of sp³-hybridized carbons (Fsp3) is 0.583. The Labute approximate surface area is 94.9 Å². The van der Waals surface area contributed by atoms with E-state index >= 15 is 0 Å². The quantitative estimate of drug-likeness (QED) is 0.850. The van der Waals surface area contributed by atoms with Gasteiger partial charge in [-0.25, -0.2) is 0 Å². The van der Waals surface area contributed by atoms with Crippen LogP contribution < -0.4 is 0 Å². The Balaban J connectivity index is 2.00. The SMILES string of the molecule is Cc1ccc(CN2CCC(C(=O)O)C2C)o1. The van der Waals surface area contributed by atoms with E-state index < -0.39 is 5.97 Å². The lowest BCUT2D eigenvalue weighted by Crippen LogP contribution is -2.32. The second kappa shape index (κ2) is 4.29. The molecule has 88 valence electrons. The van der Waals surface area contributed by atoms with Crippen LogP contribution in [0.15, 0.2) is 16.5 Å². The van der Waals surface area contributed by atoms with E-state index in [1.165, 1.54) is 0 Å². The second-order valence-electron chi connectivity index (χ2n) is 4.46. The molecule has 16 heavy (non-hydrogen) atoms. The first-order valence-corrected chi connectivity index (χ1v) is 5.60. The number of aryl methyl sites for hydroxylation is 1. The predicted molar refractivity (Wildman–Crippen MR) is 59.1 cm³/mol. The van der Waals surface area contributed by atoms with Crippen molar-refractivity contribution < 1.29 is 14.3 Å². The summed E-state index contributed by atoms with van der Waals surface area (Å²) in [6, 6.07) is 3.98. The van der Waals surface area contributed by atoms with Gasteiger partial charge in [0.05, 0.1) is 12.5 Å². The van der Waals surface area contributed by atoms with Crippen molar-refractivity contribution in [1.82, 2.24) is 4.90 Å². The Bertz CT molecular complexity index is 385. The van der Waals surface area contributed by atoms with Crippen molar-refractivity contribution in [2.24, 2.45) is 5.92 Å². The summed E-state index contributed by atoms with van der Waals surface area (Å²) in [5.74, 6) is 0.883. The van der Waals surface area contributed by atoms with E-state index in [-0.39, 0.29) is 12.0 Å². The van der Waals surface area contributed by atoms with Gasteiger partial charge in [0.25, 0.3) is 0 Å². The number of likely N-dealkylation sites (tertiary alicyclic amines) is 1. The summed E-state index contributed by atoms with van der Waals surface area (Å²) in [5, 5.41) is 9.02. The molecule has 4 heteroatoms. The fourth-order valence-electron chi connectivity index (χ4n) is 2.33. The molecular formula is C12H17NO3. The van der Waals surface area contributed by atoms with Crippen molar-refractivity contribution in [3.05, 3.63) is 23.7 Å². The van der Waals surface area contributed by atoms with Crippen LogP contribution in [0.25, 0.3) is 0 Å². The highest BCUT2D eigenvalue weighted by Crippen LogP contribution is 2.26. The normalized spacial score (nSPS) is 26.1. The maximum absolute atomic E-state index is 11.0. The van der Waals surface area contributed by atoms with Crippen LogP contribution in [0.3, 0.4) is 0 Å². The van der Waals surface area contributed by atoms with Gasteiger partial charge in [-0.3, -0.25) is 9.69 Å². The van der Waals surface area contributed by atoms with E-state index in [9.17, 15) is 4.79 Å². The molecule has 0 radical (unpaired) electrons. The number of aliphatic carboxylic acids is 1. The number of nitrogens with zero attached hydrogens (tertiary/aromatic N) is 1. The first kappa shape index (κ1) is 11.2. The molecule has 2 atom stereocenters. The van der Waals surface area contributed by atoms with Crippen molar-refractivity contribution in [3.8, 4) is 0 Å². The number of rotatable bonds is 3. The third-order valence-corrected chi connectivity index (χ3v) is 3.36. The van der Waals surface area contributed by atoms with Gasteiger partial charge in [-0.2, -0.15) is 0 Å². The van der Waals surface area contributed by atoms with Crippen molar-refractivity contribution in [1.29, 1.82) is 0 Å². The minimum absolute atomic E-state index is 0.0860. The van der Waals surface area contributed by atoms with Crippen LogP contribution in [0.1, 0.15) is 24.9 Å². The van der Waals surface area contributed by atoms with Gasteiger partial charge in [0.1, 0.15) is 11.5 Å². The molecule has 0 aromatic carbocycles. The molecule has 2 rings (SSSR count). The van der Waals surface area contributed by atoms with E-state index in [1.54, 1.807) is 0 Å². The van der Waals surface area contributed by atoms with Gasteiger partial charge >= 0.3 is 5.97 Å². The fourth-order valence-corrected chi connectivity index (χ4v) is 2.33. The first-order valence-electron chi connectivity index (χ1n) is 5.60. The number of carboxylic acids is 1. The third kappa shape index (κ3) is 2.11. The van der Waals surface area contributed by atoms with E-state index in [1.807, 2.05) is 26.0 Å². The van der Waals surface area contributed by atoms with Crippen LogP contribution in [0.4, 0.5) is 0 Å². The third-order valence-electron chi connectivity index (χ3n) is 3.36. The molecule has 1 aliphatic heterocycles. The van der Waals surface area contributed by atoms with Crippen LogP contribution in [-0.4, -0.2) is 28.6 Å². The van der Waals surface area contributed by atoms with Crippen LogP contribution in [0.5, 0.6) is 0 Å². The number of carbonyl (C=O) groups is 1. The molecule has 2 unspecified atom stereocenters. The smallest absolute Gasteiger partial charge is 0.308 e. The monoisotopic (exact) mass is 223 g/mol. The van der Waals surface area contributed by atoms with E-state index in [4.69, 9.17) is 9.52 Å². The lowest BCUT2D eigenvalue weighted by Gasteiger charge is -2.21. The van der Waals surface area contributed by atoms with Crippen LogP contribution >= 0.6 is 0 Å². The van der Waals surface area contributed by atoms with E-state index in [0.717, 1.165) is 24.5 Å². The molecule has 1 fully saturated rings. The highest BCUT2D eigenvalue weighted by atomic mass is 16.4. The Morgan fingerprint density at radius 2 is 2.38 bits per heavy atom. The standard InChI is InChI=1S/C12H17NO3/c1-8-3-4-10(16-8)7-13-6-5-11(9(13)2)12(14)15/h3-4,9,11H,5-7H2,1-2H3,(H,14,15). The molecule has 1 aromatic rings. The topological polar surface area (TPSA) is 53.7 Å². The summed E-state index contributed by atoms with van der Waals surface area (Å²) >= 11 is 0. The minimum Gasteiger partial charge on any atom is -0.481 e. The highest BCUT2D eigenvalue weighted by Gasteiger charge is 2.35. The zero-order valence-electron chi connectivity index (χ0n) is 9.64. The maximum atomic E-state index is 11.0. The summed E-state index contributed by atoms with van der Waals surface area (Å²) in [5.41, 5.74) is 0. The molecule has 0 amide bonds. The average Bonchev–Trinajstić information content (AvgIpc) is 2.76. The number of carboxylic acid groups (broad SMARTS) is 1. The number of furan rings is 1. The summed E-state index contributed by atoms with van der Waals surface area (Å²) in [6.07, 6.45) is 0.732. The molecule has 0 aliphatic carbocycles.